The number of carbonyl (C=O) groups is 2. The first-order valence-electron chi connectivity index (χ1n) is 7.52. The van der Waals surface area contributed by atoms with Gasteiger partial charge in [-0.05, 0) is 25.8 Å². The van der Waals surface area contributed by atoms with Crippen molar-refractivity contribution < 1.29 is 9.59 Å². The highest BCUT2D eigenvalue weighted by Crippen LogP contribution is 2.12. The summed E-state index contributed by atoms with van der Waals surface area (Å²) in [4.78, 5) is 27.9. The van der Waals surface area contributed by atoms with E-state index in [1.807, 2.05) is 16.7 Å². The Morgan fingerprint density at radius 3 is 2.47 bits per heavy atom. The molecule has 0 aromatic heterocycles. The van der Waals surface area contributed by atoms with Gasteiger partial charge in [0.15, 0.2) is 0 Å². The summed E-state index contributed by atoms with van der Waals surface area (Å²) in [7, 11) is 0. The maximum Gasteiger partial charge on any atom is 0.239 e. The van der Waals surface area contributed by atoms with E-state index in [-0.39, 0.29) is 17.9 Å². The molecule has 2 amide bonds. The summed E-state index contributed by atoms with van der Waals surface area (Å²) in [6, 6.07) is 0.00202. The monoisotopic (exact) mass is 267 g/mol. The minimum absolute atomic E-state index is 0.00202. The molecule has 0 unspecified atom stereocenters. The third-order valence-corrected chi connectivity index (χ3v) is 4.07. The molecule has 1 N–H and O–H groups in total. The fourth-order valence-corrected chi connectivity index (χ4v) is 2.89. The molecule has 0 aliphatic carbocycles. The minimum atomic E-state index is 0.00202. The Kier molecular flexibility index (Phi) is 5.19. The molecular formula is C14H25N3O2. The Bertz CT molecular complexity index is 327. The molecule has 19 heavy (non-hydrogen) atoms. The minimum Gasteiger partial charge on any atom is -0.341 e. The van der Waals surface area contributed by atoms with E-state index in [0.29, 0.717) is 19.5 Å². The lowest BCUT2D eigenvalue weighted by Gasteiger charge is -2.29. The van der Waals surface area contributed by atoms with E-state index in [1.165, 1.54) is 6.42 Å². The molecule has 0 saturated carbocycles. The van der Waals surface area contributed by atoms with Gasteiger partial charge in [-0.25, -0.2) is 0 Å². The van der Waals surface area contributed by atoms with E-state index in [2.05, 4.69) is 5.32 Å². The number of nitrogens with one attached hydrogen (secondary N) is 1. The Morgan fingerprint density at radius 1 is 1.05 bits per heavy atom. The summed E-state index contributed by atoms with van der Waals surface area (Å²) < 4.78 is 0. The predicted molar refractivity (Wildman–Crippen MR) is 73.7 cm³/mol. The van der Waals surface area contributed by atoms with Gasteiger partial charge in [-0.2, -0.15) is 0 Å². The van der Waals surface area contributed by atoms with Crippen LogP contribution in [-0.4, -0.2) is 60.4 Å². The fourth-order valence-electron chi connectivity index (χ4n) is 2.89. The number of hydrogen-bond acceptors (Lipinski definition) is 3. The highest BCUT2D eigenvalue weighted by molar-refractivity contribution is 5.82. The van der Waals surface area contributed by atoms with Crippen LogP contribution >= 0.6 is 0 Å². The summed E-state index contributed by atoms with van der Waals surface area (Å²) in [6.07, 6.45) is 4.70. The van der Waals surface area contributed by atoms with Crippen molar-refractivity contribution in [1.82, 2.24) is 15.1 Å². The van der Waals surface area contributed by atoms with Crippen molar-refractivity contribution in [2.75, 3.05) is 32.7 Å². The van der Waals surface area contributed by atoms with Crippen LogP contribution in [-0.2, 0) is 9.59 Å². The van der Waals surface area contributed by atoms with E-state index >= 15 is 0 Å². The molecule has 1 atom stereocenters. The van der Waals surface area contributed by atoms with Gasteiger partial charge in [-0.1, -0.05) is 13.3 Å². The van der Waals surface area contributed by atoms with Gasteiger partial charge in [0.25, 0.3) is 0 Å². The molecule has 2 aliphatic heterocycles. The molecule has 0 aromatic rings. The number of amides is 2. The summed E-state index contributed by atoms with van der Waals surface area (Å²) in [5.41, 5.74) is 0. The zero-order valence-corrected chi connectivity index (χ0v) is 11.9. The van der Waals surface area contributed by atoms with Crippen LogP contribution in [0.2, 0.25) is 0 Å². The number of nitrogens with zero attached hydrogens (tertiary/aromatic N) is 2. The van der Waals surface area contributed by atoms with Crippen molar-refractivity contribution in [2.24, 2.45) is 0 Å². The molecule has 2 heterocycles. The quantitative estimate of drug-likeness (QED) is 0.797. The second-order valence-corrected chi connectivity index (χ2v) is 5.42. The summed E-state index contributed by atoms with van der Waals surface area (Å²) in [5, 5.41) is 3.31. The van der Waals surface area contributed by atoms with Crippen molar-refractivity contribution >= 4 is 11.8 Å². The lowest BCUT2D eigenvalue weighted by atomic mass is 10.0. The van der Waals surface area contributed by atoms with E-state index in [0.717, 1.165) is 38.9 Å². The van der Waals surface area contributed by atoms with Gasteiger partial charge < -0.3 is 15.1 Å². The van der Waals surface area contributed by atoms with Crippen LogP contribution in [0.3, 0.4) is 0 Å². The number of hydrogen-bond donors (Lipinski definition) is 1. The maximum atomic E-state index is 12.4. The van der Waals surface area contributed by atoms with E-state index in [4.69, 9.17) is 0 Å². The largest absolute Gasteiger partial charge is 0.341 e. The van der Waals surface area contributed by atoms with Gasteiger partial charge >= 0.3 is 0 Å². The van der Waals surface area contributed by atoms with E-state index in [1.54, 1.807) is 0 Å². The smallest absolute Gasteiger partial charge is 0.239 e. The lowest BCUT2D eigenvalue weighted by Crippen LogP contribution is -2.49. The second-order valence-electron chi connectivity index (χ2n) is 5.42. The highest BCUT2D eigenvalue weighted by atomic mass is 16.2. The summed E-state index contributed by atoms with van der Waals surface area (Å²) >= 11 is 0. The third-order valence-electron chi connectivity index (χ3n) is 4.07. The zero-order chi connectivity index (χ0) is 13.7. The first-order valence-corrected chi connectivity index (χ1v) is 7.52. The van der Waals surface area contributed by atoms with E-state index < -0.39 is 0 Å². The van der Waals surface area contributed by atoms with Gasteiger partial charge in [-0.15, -0.1) is 0 Å². The van der Waals surface area contributed by atoms with Crippen molar-refractivity contribution in [3.8, 4) is 0 Å². The standard InChI is InChI=1S/C14H25N3O2/c1-2-13(18)16-8-5-9-17(11-10-16)14(19)12-6-3-4-7-15-12/h12,15H,2-11H2,1H3/t12-/m1/s1. The van der Waals surface area contributed by atoms with Crippen LogP contribution in [0.4, 0.5) is 0 Å². The number of carbonyl (C=O) groups excluding carboxylic acids is 2. The molecular weight excluding hydrogens is 242 g/mol. The molecule has 0 spiro atoms. The van der Waals surface area contributed by atoms with Gasteiger partial charge in [0.1, 0.15) is 0 Å². The van der Waals surface area contributed by atoms with Crippen molar-refractivity contribution in [3.63, 3.8) is 0 Å². The Labute approximate surface area is 115 Å². The van der Waals surface area contributed by atoms with Crippen molar-refractivity contribution in [1.29, 1.82) is 0 Å². The molecule has 108 valence electrons. The first-order chi connectivity index (χ1) is 9.22. The lowest BCUT2D eigenvalue weighted by molar-refractivity contribution is -0.135. The molecule has 0 bridgehead atoms. The molecule has 0 radical (unpaired) electrons. The zero-order valence-electron chi connectivity index (χ0n) is 11.9. The molecule has 2 rings (SSSR count). The Morgan fingerprint density at radius 2 is 1.79 bits per heavy atom. The molecule has 0 aromatic carbocycles. The second kappa shape index (κ2) is 6.89. The van der Waals surface area contributed by atoms with Crippen LogP contribution in [0.15, 0.2) is 0 Å². The fraction of sp³-hybridized carbons (Fsp3) is 0.857. The third kappa shape index (κ3) is 3.69. The Hall–Kier alpha value is -1.10. The van der Waals surface area contributed by atoms with Gasteiger partial charge in [0.05, 0.1) is 6.04 Å². The van der Waals surface area contributed by atoms with Crippen LogP contribution < -0.4 is 5.32 Å². The van der Waals surface area contributed by atoms with Crippen molar-refractivity contribution in [3.05, 3.63) is 0 Å². The summed E-state index contributed by atoms with van der Waals surface area (Å²) in [5.74, 6) is 0.426. The molecule has 5 nitrogen and oxygen atoms in total. The van der Waals surface area contributed by atoms with Gasteiger partial charge in [-0.3, -0.25) is 9.59 Å². The highest BCUT2D eigenvalue weighted by Gasteiger charge is 2.27. The van der Waals surface area contributed by atoms with Gasteiger partial charge in [0.2, 0.25) is 11.8 Å². The molecule has 5 heteroatoms. The van der Waals surface area contributed by atoms with Gasteiger partial charge in [0, 0.05) is 32.6 Å². The maximum absolute atomic E-state index is 12.4. The molecule has 2 saturated heterocycles. The molecule has 2 fully saturated rings. The van der Waals surface area contributed by atoms with Crippen LogP contribution in [0, 0.1) is 0 Å². The van der Waals surface area contributed by atoms with Crippen LogP contribution in [0.5, 0.6) is 0 Å². The SMILES string of the molecule is CCC(=O)N1CCCN(C(=O)[C@H]2CCCCN2)CC1. The number of rotatable bonds is 2. The van der Waals surface area contributed by atoms with Crippen LogP contribution in [0.25, 0.3) is 0 Å². The first kappa shape index (κ1) is 14.3. The van der Waals surface area contributed by atoms with E-state index in [9.17, 15) is 9.59 Å². The van der Waals surface area contributed by atoms with Crippen molar-refractivity contribution in [2.45, 2.75) is 45.1 Å². The number of piperidine rings is 1. The molecule has 2 aliphatic rings. The summed E-state index contributed by atoms with van der Waals surface area (Å²) in [6.45, 7) is 5.78. The Balaban J connectivity index is 1.87. The predicted octanol–water partition coefficient (Wildman–Crippen LogP) is 0.599. The average molecular weight is 267 g/mol. The topological polar surface area (TPSA) is 52.7 Å². The van der Waals surface area contributed by atoms with Crippen LogP contribution in [0.1, 0.15) is 39.0 Å². The average Bonchev–Trinajstić information content (AvgIpc) is 2.72. The normalized spacial score (nSPS) is 25.0.